The van der Waals surface area contributed by atoms with Crippen molar-refractivity contribution in [1.82, 2.24) is 25.7 Å². The van der Waals surface area contributed by atoms with Gasteiger partial charge in [0, 0.05) is 16.9 Å². The minimum Gasteiger partial charge on any atom is -0.355 e. The molecule has 0 aliphatic rings. The fourth-order valence-electron chi connectivity index (χ4n) is 2.39. The Morgan fingerprint density at radius 2 is 1.82 bits per heavy atom. The molecule has 146 valence electrons. The SMILES string of the molecule is O=C(CCn1nnc(-c2ccccc2Nc2ccc(C(F)(F)F)cc2)n1)NO. The molecule has 0 saturated heterocycles. The van der Waals surface area contributed by atoms with Crippen molar-refractivity contribution in [1.29, 1.82) is 0 Å². The molecule has 2 aromatic carbocycles. The summed E-state index contributed by atoms with van der Waals surface area (Å²) in [6.07, 6.45) is -4.43. The third-order valence-electron chi connectivity index (χ3n) is 3.78. The lowest BCUT2D eigenvalue weighted by atomic mass is 10.1. The van der Waals surface area contributed by atoms with E-state index in [4.69, 9.17) is 5.21 Å². The normalized spacial score (nSPS) is 11.3. The number of carbonyl (C=O) groups is 1. The lowest BCUT2D eigenvalue weighted by molar-refractivity contribution is -0.137. The highest BCUT2D eigenvalue weighted by molar-refractivity contribution is 5.77. The van der Waals surface area contributed by atoms with Gasteiger partial charge in [-0.15, -0.1) is 10.2 Å². The molecule has 0 aliphatic carbocycles. The van der Waals surface area contributed by atoms with Crippen LogP contribution in [-0.2, 0) is 17.5 Å². The molecular formula is C17H15F3N6O2. The molecule has 0 fully saturated rings. The van der Waals surface area contributed by atoms with Gasteiger partial charge in [0.05, 0.1) is 18.5 Å². The van der Waals surface area contributed by atoms with Crippen LogP contribution in [-0.4, -0.2) is 31.3 Å². The number of nitrogens with one attached hydrogen (secondary N) is 2. The molecule has 8 nitrogen and oxygen atoms in total. The van der Waals surface area contributed by atoms with Gasteiger partial charge in [0.25, 0.3) is 0 Å². The zero-order chi connectivity index (χ0) is 20.1. The molecule has 0 unspecified atom stereocenters. The summed E-state index contributed by atoms with van der Waals surface area (Å²) in [6.45, 7) is 0.119. The van der Waals surface area contributed by atoms with Gasteiger partial charge in [0.2, 0.25) is 11.7 Å². The number of aromatic nitrogens is 4. The molecule has 0 atom stereocenters. The highest BCUT2D eigenvalue weighted by atomic mass is 19.4. The van der Waals surface area contributed by atoms with Crippen molar-refractivity contribution < 1.29 is 23.2 Å². The van der Waals surface area contributed by atoms with E-state index in [1.54, 1.807) is 24.3 Å². The topological polar surface area (TPSA) is 105 Å². The molecule has 28 heavy (non-hydrogen) atoms. The largest absolute Gasteiger partial charge is 0.416 e. The predicted molar refractivity (Wildman–Crippen MR) is 92.5 cm³/mol. The number of halogens is 3. The Morgan fingerprint density at radius 1 is 1.11 bits per heavy atom. The number of para-hydroxylation sites is 1. The molecule has 11 heteroatoms. The highest BCUT2D eigenvalue weighted by Crippen LogP contribution is 2.32. The summed E-state index contributed by atoms with van der Waals surface area (Å²) >= 11 is 0. The van der Waals surface area contributed by atoms with Crippen molar-refractivity contribution >= 4 is 17.3 Å². The summed E-state index contributed by atoms with van der Waals surface area (Å²) in [5.41, 5.74) is 2.41. The fraction of sp³-hybridized carbons (Fsp3) is 0.176. The third kappa shape index (κ3) is 4.62. The van der Waals surface area contributed by atoms with Crippen LogP contribution in [0.1, 0.15) is 12.0 Å². The monoisotopic (exact) mass is 392 g/mol. The Morgan fingerprint density at radius 3 is 2.50 bits per heavy atom. The van der Waals surface area contributed by atoms with Gasteiger partial charge in [0.1, 0.15) is 0 Å². The van der Waals surface area contributed by atoms with Crippen LogP contribution in [0.4, 0.5) is 24.5 Å². The molecule has 3 aromatic rings. The standard InChI is InChI=1S/C17H15F3N6O2/c18-17(19,20)11-5-7-12(8-6-11)21-14-4-2-1-3-13(14)16-22-25-26(23-16)10-9-15(27)24-28/h1-8,21,28H,9-10H2,(H,24,27). The molecule has 0 aliphatic heterocycles. The number of anilines is 2. The van der Waals surface area contributed by atoms with Crippen LogP contribution in [0.15, 0.2) is 48.5 Å². The van der Waals surface area contributed by atoms with Crippen molar-refractivity contribution in [2.24, 2.45) is 0 Å². The van der Waals surface area contributed by atoms with E-state index in [9.17, 15) is 18.0 Å². The highest BCUT2D eigenvalue weighted by Gasteiger charge is 2.29. The first-order valence-corrected chi connectivity index (χ1v) is 8.11. The summed E-state index contributed by atoms with van der Waals surface area (Å²) < 4.78 is 38.1. The second-order valence-corrected chi connectivity index (χ2v) is 5.74. The van der Waals surface area contributed by atoms with Crippen LogP contribution in [0.2, 0.25) is 0 Å². The number of amides is 1. The number of hydrogen-bond acceptors (Lipinski definition) is 6. The van der Waals surface area contributed by atoms with Crippen molar-refractivity contribution in [2.75, 3.05) is 5.32 Å². The minimum atomic E-state index is -4.40. The Balaban J connectivity index is 1.78. The van der Waals surface area contributed by atoms with Gasteiger partial charge in [-0.3, -0.25) is 10.0 Å². The van der Waals surface area contributed by atoms with Gasteiger partial charge < -0.3 is 5.32 Å². The van der Waals surface area contributed by atoms with Gasteiger partial charge in [-0.25, -0.2) is 5.48 Å². The first-order valence-electron chi connectivity index (χ1n) is 8.11. The fourth-order valence-corrected chi connectivity index (χ4v) is 2.39. The zero-order valence-electron chi connectivity index (χ0n) is 14.3. The smallest absolute Gasteiger partial charge is 0.355 e. The number of carbonyl (C=O) groups excluding carboxylic acids is 1. The Hall–Kier alpha value is -3.47. The van der Waals surface area contributed by atoms with Crippen LogP contribution in [0.3, 0.4) is 0 Å². The maximum absolute atomic E-state index is 12.7. The van der Waals surface area contributed by atoms with Crippen LogP contribution in [0.5, 0.6) is 0 Å². The molecule has 3 N–H and O–H groups in total. The molecule has 0 radical (unpaired) electrons. The van der Waals surface area contributed by atoms with E-state index in [-0.39, 0.29) is 18.8 Å². The summed E-state index contributed by atoms with van der Waals surface area (Å²) in [5.74, 6) is -0.303. The van der Waals surface area contributed by atoms with Gasteiger partial charge in [-0.2, -0.15) is 18.0 Å². The number of hydrogen-bond donors (Lipinski definition) is 3. The van der Waals surface area contributed by atoms with E-state index in [0.717, 1.165) is 12.1 Å². The number of rotatable bonds is 6. The number of nitrogens with zero attached hydrogens (tertiary/aromatic N) is 4. The zero-order valence-corrected chi connectivity index (χ0v) is 14.3. The first-order chi connectivity index (χ1) is 13.4. The second kappa shape index (κ2) is 8.05. The van der Waals surface area contributed by atoms with Crippen molar-refractivity contribution in [3.8, 4) is 11.4 Å². The van der Waals surface area contributed by atoms with Crippen LogP contribution < -0.4 is 10.8 Å². The first kappa shape index (κ1) is 19.3. The molecule has 3 rings (SSSR count). The number of tetrazole rings is 1. The number of aryl methyl sites for hydroxylation is 1. The predicted octanol–water partition coefficient (Wildman–Crippen LogP) is 3.00. The number of alkyl halides is 3. The number of benzene rings is 2. The van der Waals surface area contributed by atoms with Crippen LogP contribution in [0.25, 0.3) is 11.4 Å². The van der Waals surface area contributed by atoms with Gasteiger partial charge in [-0.05, 0) is 41.6 Å². The second-order valence-electron chi connectivity index (χ2n) is 5.74. The molecule has 0 saturated carbocycles. The van der Waals surface area contributed by atoms with Crippen LogP contribution >= 0.6 is 0 Å². The Labute approximate surface area is 156 Å². The maximum atomic E-state index is 12.7. The summed E-state index contributed by atoms with van der Waals surface area (Å²) in [5, 5.41) is 23.5. The van der Waals surface area contributed by atoms with Gasteiger partial charge in [0.15, 0.2) is 0 Å². The van der Waals surface area contributed by atoms with E-state index in [2.05, 4.69) is 20.7 Å². The lowest BCUT2D eigenvalue weighted by Gasteiger charge is -2.11. The van der Waals surface area contributed by atoms with Crippen LogP contribution in [0, 0.1) is 0 Å². The molecule has 1 amide bonds. The van der Waals surface area contributed by atoms with E-state index in [1.165, 1.54) is 22.4 Å². The third-order valence-corrected chi connectivity index (χ3v) is 3.78. The molecule has 1 aromatic heterocycles. The average molecular weight is 392 g/mol. The molecule has 0 spiro atoms. The number of hydroxylamine groups is 1. The van der Waals surface area contributed by atoms with E-state index in [0.29, 0.717) is 16.9 Å². The van der Waals surface area contributed by atoms with Gasteiger partial charge >= 0.3 is 6.18 Å². The Bertz CT molecular complexity index is 956. The maximum Gasteiger partial charge on any atom is 0.416 e. The quantitative estimate of drug-likeness (QED) is 0.440. The summed E-state index contributed by atoms with van der Waals surface area (Å²) in [4.78, 5) is 12.3. The van der Waals surface area contributed by atoms with Crippen molar-refractivity contribution in [3.63, 3.8) is 0 Å². The van der Waals surface area contributed by atoms with Crippen molar-refractivity contribution in [3.05, 3.63) is 54.1 Å². The summed E-state index contributed by atoms with van der Waals surface area (Å²) in [7, 11) is 0. The minimum absolute atomic E-state index is 0.0300. The van der Waals surface area contributed by atoms with E-state index < -0.39 is 17.6 Å². The molecular weight excluding hydrogens is 377 g/mol. The van der Waals surface area contributed by atoms with Crippen molar-refractivity contribution in [2.45, 2.75) is 19.1 Å². The van der Waals surface area contributed by atoms with Gasteiger partial charge in [-0.1, -0.05) is 12.1 Å². The Kier molecular flexibility index (Phi) is 5.54. The lowest BCUT2D eigenvalue weighted by Crippen LogP contribution is -2.20. The molecule has 1 heterocycles. The van der Waals surface area contributed by atoms with E-state index in [1.807, 2.05) is 0 Å². The average Bonchev–Trinajstić information content (AvgIpc) is 3.15. The molecule has 0 bridgehead atoms. The summed E-state index contributed by atoms with van der Waals surface area (Å²) in [6, 6.07) is 11.6. The van der Waals surface area contributed by atoms with E-state index >= 15 is 0 Å².